The first-order valence-electron chi connectivity index (χ1n) is 7.04. The SMILES string of the molecule is COC(=O)[C@H](Cc1ccc(F)cc1)NC(=O)c1cnn(C)c1C. The summed E-state index contributed by atoms with van der Waals surface area (Å²) in [6, 6.07) is 4.87. The number of carbonyl (C=O) groups excluding carboxylic acids is 2. The van der Waals surface area contributed by atoms with Gasteiger partial charge in [-0.05, 0) is 24.6 Å². The van der Waals surface area contributed by atoms with E-state index in [2.05, 4.69) is 10.4 Å². The number of nitrogens with zero attached hydrogens (tertiary/aromatic N) is 2. The molecule has 0 spiro atoms. The molecule has 2 rings (SSSR count). The minimum Gasteiger partial charge on any atom is -0.467 e. The van der Waals surface area contributed by atoms with Crippen molar-refractivity contribution in [1.82, 2.24) is 15.1 Å². The summed E-state index contributed by atoms with van der Waals surface area (Å²) < 4.78 is 19.3. The van der Waals surface area contributed by atoms with Gasteiger partial charge in [-0.3, -0.25) is 9.48 Å². The fourth-order valence-electron chi connectivity index (χ4n) is 2.15. The van der Waals surface area contributed by atoms with Gasteiger partial charge in [0.1, 0.15) is 11.9 Å². The van der Waals surface area contributed by atoms with Crippen LogP contribution in [0.2, 0.25) is 0 Å². The molecule has 0 aliphatic rings. The molecule has 1 heterocycles. The largest absolute Gasteiger partial charge is 0.467 e. The number of methoxy groups -OCH3 is 1. The Hall–Kier alpha value is -2.70. The van der Waals surface area contributed by atoms with Crippen LogP contribution in [0.5, 0.6) is 0 Å². The van der Waals surface area contributed by atoms with Gasteiger partial charge in [-0.2, -0.15) is 5.10 Å². The number of hydrogen-bond donors (Lipinski definition) is 1. The molecular weight excluding hydrogens is 301 g/mol. The number of hydrogen-bond acceptors (Lipinski definition) is 4. The van der Waals surface area contributed by atoms with Crippen LogP contribution in [0.25, 0.3) is 0 Å². The second-order valence-electron chi connectivity index (χ2n) is 5.15. The average molecular weight is 319 g/mol. The summed E-state index contributed by atoms with van der Waals surface area (Å²) in [5.74, 6) is -1.34. The highest BCUT2D eigenvalue weighted by atomic mass is 19.1. The molecule has 7 heteroatoms. The van der Waals surface area contributed by atoms with E-state index in [0.717, 1.165) is 0 Å². The van der Waals surface area contributed by atoms with Gasteiger partial charge in [-0.25, -0.2) is 9.18 Å². The van der Waals surface area contributed by atoms with Gasteiger partial charge in [0.15, 0.2) is 0 Å². The summed E-state index contributed by atoms with van der Waals surface area (Å²) in [5, 5.41) is 6.64. The number of carbonyl (C=O) groups is 2. The number of halogens is 1. The van der Waals surface area contributed by atoms with Crippen LogP contribution in [0.4, 0.5) is 4.39 Å². The Labute approximate surface area is 133 Å². The quantitative estimate of drug-likeness (QED) is 0.845. The zero-order valence-electron chi connectivity index (χ0n) is 13.2. The van der Waals surface area contributed by atoms with E-state index in [9.17, 15) is 14.0 Å². The smallest absolute Gasteiger partial charge is 0.328 e. The van der Waals surface area contributed by atoms with Gasteiger partial charge in [-0.15, -0.1) is 0 Å². The lowest BCUT2D eigenvalue weighted by Gasteiger charge is -2.16. The number of amides is 1. The topological polar surface area (TPSA) is 73.2 Å². The average Bonchev–Trinajstić information content (AvgIpc) is 2.87. The van der Waals surface area contributed by atoms with E-state index in [0.29, 0.717) is 16.8 Å². The minimum absolute atomic E-state index is 0.206. The van der Waals surface area contributed by atoms with Crippen molar-refractivity contribution in [3.63, 3.8) is 0 Å². The molecule has 0 aliphatic heterocycles. The fraction of sp³-hybridized carbons (Fsp3) is 0.312. The summed E-state index contributed by atoms with van der Waals surface area (Å²) in [5.41, 5.74) is 1.79. The Morgan fingerprint density at radius 1 is 1.35 bits per heavy atom. The number of nitrogens with one attached hydrogen (secondary N) is 1. The highest BCUT2D eigenvalue weighted by molar-refractivity contribution is 5.97. The molecule has 0 saturated heterocycles. The third-order valence-corrected chi connectivity index (χ3v) is 3.62. The van der Waals surface area contributed by atoms with E-state index in [1.54, 1.807) is 30.8 Å². The van der Waals surface area contributed by atoms with Crippen LogP contribution in [0, 0.1) is 12.7 Å². The minimum atomic E-state index is -0.863. The molecule has 1 amide bonds. The number of aromatic nitrogens is 2. The molecule has 1 N–H and O–H groups in total. The molecule has 0 bridgehead atoms. The molecule has 6 nitrogen and oxygen atoms in total. The number of aryl methyl sites for hydroxylation is 1. The normalized spacial score (nSPS) is 11.8. The van der Waals surface area contributed by atoms with Crippen LogP contribution >= 0.6 is 0 Å². The lowest BCUT2D eigenvalue weighted by atomic mass is 10.1. The monoisotopic (exact) mass is 319 g/mol. The van der Waals surface area contributed by atoms with Gasteiger partial charge in [0.25, 0.3) is 5.91 Å². The lowest BCUT2D eigenvalue weighted by molar-refractivity contribution is -0.142. The summed E-state index contributed by atoms with van der Waals surface area (Å²) in [6.45, 7) is 1.76. The number of rotatable bonds is 5. The molecule has 1 atom stereocenters. The van der Waals surface area contributed by atoms with Crippen molar-refractivity contribution in [2.75, 3.05) is 7.11 Å². The van der Waals surface area contributed by atoms with Gasteiger partial charge in [0.2, 0.25) is 0 Å². The molecule has 1 aromatic carbocycles. The molecule has 122 valence electrons. The third kappa shape index (κ3) is 3.94. The Morgan fingerprint density at radius 3 is 2.52 bits per heavy atom. The molecule has 1 aromatic heterocycles. The van der Waals surface area contributed by atoms with Crippen LogP contribution < -0.4 is 5.32 Å². The standard InChI is InChI=1S/C16H18FN3O3/c1-10-13(9-18-20(10)2)15(21)19-14(16(22)23-3)8-11-4-6-12(17)7-5-11/h4-7,9,14H,8H2,1-3H3,(H,19,21)/t14-/m0/s1. The van der Waals surface area contributed by atoms with Crippen LogP contribution in [0.3, 0.4) is 0 Å². The van der Waals surface area contributed by atoms with Gasteiger partial charge in [0, 0.05) is 19.2 Å². The van der Waals surface area contributed by atoms with Crippen molar-refractivity contribution in [1.29, 1.82) is 0 Å². The van der Waals surface area contributed by atoms with E-state index in [4.69, 9.17) is 4.74 Å². The van der Waals surface area contributed by atoms with Crippen LogP contribution in [-0.4, -0.2) is 34.8 Å². The Morgan fingerprint density at radius 2 is 2.00 bits per heavy atom. The highest BCUT2D eigenvalue weighted by Gasteiger charge is 2.24. The predicted molar refractivity (Wildman–Crippen MR) is 81.3 cm³/mol. The van der Waals surface area contributed by atoms with Crippen molar-refractivity contribution in [2.24, 2.45) is 7.05 Å². The molecule has 0 fully saturated rings. The van der Waals surface area contributed by atoms with E-state index in [1.807, 2.05) is 0 Å². The first-order chi connectivity index (χ1) is 10.9. The molecule has 0 saturated carbocycles. The molecule has 0 aliphatic carbocycles. The van der Waals surface area contributed by atoms with Gasteiger partial charge < -0.3 is 10.1 Å². The molecule has 23 heavy (non-hydrogen) atoms. The highest BCUT2D eigenvalue weighted by Crippen LogP contribution is 2.10. The van der Waals surface area contributed by atoms with E-state index < -0.39 is 17.9 Å². The second kappa shape index (κ2) is 7.04. The number of esters is 1. The summed E-state index contributed by atoms with van der Waals surface area (Å²) in [6.07, 6.45) is 1.65. The van der Waals surface area contributed by atoms with Gasteiger partial charge in [-0.1, -0.05) is 12.1 Å². The third-order valence-electron chi connectivity index (χ3n) is 3.62. The Kier molecular flexibility index (Phi) is 5.10. The van der Waals surface area contributed by atoms with Crippen LogP contribution in [0.15, 0.2) is 30.5 Å². The van der Waals surface area contributed by atoms with Crippen LogP contribution in [0.1, 0.15) is 21.6 Å². The zero-order valence-corrected chi connectivity index (χ0v) is 13.2. The van der Waals surface area contributed by atoms with Crippen molar-refractivity contribution < 1.29 is 18.7 Å². The maximum absolute atomic E-state index is 13.0. The Balaban J connectivity index is 2.15. The van der Waals surface area contributed by atoms with Crippen molar-refractivity contribution >= 4 is 11.9 Å². The van der Waals surface area contributed by atoms with Crippen molar-refractivity contribution in [3.8, 4) is 0 Å². The summed E-state index contributed by atoms with van der Waals surface area (Å²) in [4.78, 5) is 24.2. The van der Waals surface area contributed by atoms with Crippen LogP contribution in [-0.2, 0) is 23.0 Å². The number of benzene rings is 1. The molecule has 0 unspecified atom stereocenters. The molecule has 2 aromatic rings. The first kappa shape index (κ1) is 16.7. The number of ether oxygens (including phenoxy) is 1. The summed E-state index contributed by atoms with van der Waals surface area (Å²) >= 11 is 0. The van der Waals surface area contributed by atoms with Crippen molar-refractivity contribution in [3.05, 3.63) is 53.1 Å². The van der Waals surface area contributed by atoms with E-state index in [1.165, 1.54) is 25.4 Å². The fourth-order valence-corrected chi connectivity index (χ4v) is 2.15. The summed E-state index contributed by atoms with van der Waals surface area (Å²) in [7, 11) is 2.98. The van der Waals surface area contributed by atoms with Gasteiger partial charge >= 0.3 is 5.97 Å². The first-order valence-corrected chi connectivity index (χ1v) is 7.04. The predicted octanol–water partition coefficient (Wildman–Crippen LogP) is 1.38. The maximum Gasteiger partial charge on any atom is 0.328 e. The van der Waals surface area contributed by atoms with E-state index in [-0.39, 0.29) is 12.2 Å². The second-order valence-corrected chi connectivity index (χ2v) is 5.15. The molecule has 0 radical (unpaired) electrons. The van der Waals surface area contributed by atoms with Crippen molar-refractivity contribution in [2.45, 2.75) is 19.4 Å². The van der Waals surface area contributed by atoms with Gasteiger partial charge in [0.05, 0.1) is 18.9 Å². The zero-order chi connectivity index (χ0) is 17.0. The lowest BCUT2D eigenvalue weighted by Crippen LogP contribution is -2.43. The Bertz CT molecular complexity index is 710. The maximum atomic E-state index is 13.0. The molecular formula is C16H18FN3O3. The van der Waals surface area contributed by atoms with E-state index >= 15 is 0 Å².